The van der Waals surface area contributed by atoms with E-state index in [0.29, 0.717) is 13.2 Å². The molecule has 0 aromatic heterocycles. The molecule has 0 amide bonds. The number of ether oxygens (including phenoxy) is 2. The summed E-state index contributed by atoms with van der Waals surface area (Å²) in [4.78, 5) is 0. The third kappa shape index (κ3) is 8.84. The standard InChI is InChI=1S/C13H27ClO4S/c1-5-7-13(8-6-2,11-19(14,15)16)10-18-12(3)9-17-4/h12H,5-11H2,1-4H3. The lowest BCUT2D eigenvalue weighted by Crippen LogP contribution is -2.35. The molecule has 0 saturated heterocycles. The van der Waals surface area contributed by atoms with Gasteiger partial charge >= 0.3 is 0 Å². The molecule has 0 aromatic carbocycles. The number of hydrogen-bond acceptors (Lipinski definition) is 4. The second kappa shape index (κ2) is 9.16. The van der Waals surface area contributed by atoms with Gasteiger partial charge in [0.1, 0.15) is 0 Å². The van der Waals surface area contributed by atoms with Gasteiger partial charge in [-0.2, -0.15) is 0 Å². The van der Waals surface area contributed by atoms with Crippen LogP contribution in [0.5, 0.6) is 0 Å². The molecule has 116 valence electrons. The molecule has 0 aliphatic rings. The molecule has 19 heavy (non-hydrogen) atoms. The Kier molecular flexibility index (Phi) is 9.24. The lowest BCUT2D eigenvalue weighted by molar-refractivity contribution is -0.0332. The lowest BCUT2D eigenvalue weighted by atomic mass is 9.82. The van der Waals surface area contributed by atoms with Gasteiger partial charge < -0.3 is 9.47 Å². The molecule has 0 saturated carbocycles. The van der Waals surface area contributed by atoms with Crippen molar-refractivity contribution in [3.8, 4) is 0 Å². The normalized spacial score (nSPS) is 14.6. The van der Waals surface area contributed by atoms with E-state index in [1.165, 1.54) is 0 Å². The molecule has 0 spiro atoms. The Labute approximate surface area is 122 Å². The zero-order valence-electron chi connectivity index (χ0n) is 12.4. The van der Waals surface area contributed by atoms with E-state index in [1.54, 1.807) is 7.11 Å². The van der Waals surface area contributed by atoms with Gasteiger partial charge in [0.05, 0.1) is 25.1 Å². The largest absolute Gasteiger partial charge is 0.382 e. The highest BCUT2D eigenvalue weighted by Crippen LogP contribution is 2.33. The fourth-order valence-corrected chi connectivity index (χ4v) is 4.28. The van der Waals surface area contributed by atoms with Crippen LogP contribution < -0.4 is 0 Å². The Bertz CT molecular complexity index is 324. The van der Waals surface area contributed by atoms with E-state index in [1.807, 2.05) is 20.8 Å². The molecule has 4 nitrogen and oxygen atoms in total. The van der Waals surface area contributed by atoms with Crippen molar-refractivity contribution in [2.45, 2.75) is 52.6 Å². The van der Waals surface area contributed by atoms with Crippen molar-refractivity contribution < 1.29 is 17.9 Å². The second-order valence-electron chi connectivity index (χ2n) is 5.26. The van der Waals surface area contributed by atoms with E-state index in [2.05, 4.69) is 0 Å². The fraction of sp³-hybridized carbons (Fsp3) is 1.00. The Hall–Kier alpha value is 0.160. The van der Waals surface area contributed by atoms with Gasteiger partial charge in [-0.3, -0.25) is 0 Å². The van der Waals surface area contributed by atoms with Gasteiger partial charge in [0.2, 0.25) is 9.05 Å². The van der Waals surface area contributed by atoms with E-state index in [0.717, 1.165) is 25.7 Å². The van der Waals surface area contributed by atoms with Crippen LogP contribution in [0, 0.1) is 5.41 Å². The average Bonchev–Trinajstić information content (AvgIpc) is 2.25. The first-order chi connectivity index (χ1) is 8.78. The Morgan fingerprint density at radius 1 is 1.21 bits per heavy atom. The van der Waals surface area contributed by atoms with Crippen molar-refractivity contribution >= 4 is 19.7 Å². The Morgan fingerprint density at radius 3 is 2.11 bits per heavy atom. The summed E-state index contributed by atoms with van der Waals surface area (Å²) in [7, 11) is 3.55. The van der Waals surface area contributed by atoms with Gasteiger partial charge in [-0.1, -0.05) is 26.7 Å². The minimum Gasteiger partial charge on any atom is -0.382 e. The molecule has 0 aromatic rings. The number of halogens is 1. The van der Waals surface area contributed by atoms with Crippen LogP contribution in [0.15, 0.2) is 0 Å². The highest BCUT2D eigenvalue weighted by molar-refractivity contribution is 8.13. The highest BCUT2D eigenvalue weighted by Gasteiger charge is 2.34. The summed E-state index contributed by atoms with van der Waals surface area (Å²) in [5.74, 6) is -0.0249. The van der Waals surface area contributed by atoms with Gasteiger partial charge in [0.15, 0.2) is 0 Å². The molecule has 0 aliphatic carbocycles. The predicted molar refractivity (Wildman–Crippen MR) is 79.2 cm³/mol. The SMILES string of the molecule is CCCC(CCC)(COC(C)COC)CS(=O)(=O)Cl. The second-order valence-corrected chi connectivity index (χ2v) is 8.04. The minimum atomic E-state index is -3.53. The molecule has 6 heteroatoms. The number of rotatable bonds is 11. The van der Waals surface area contributed by atoms with Crippen LogP contribution in [0.3, 0.4) is 0 Å². The van der Waals surface area contributed by atoms with Crippen LogP contribution >= 0.6 is 10.7 Å². The zero-order chi connectivity index (χ0) is 14.9. The fourth-order valence-electron chi connectivity index (χ4n) is 2.48. The topological polar surface area (TPSA) is 52.6 Å². The smallest absolute Gasteiger partial charge is 0.233 e. The van der Waals surface area contributed by atoms with Gasteiger partial charge in [0, 0.05) is 23.2 Å². The van der Waals surface area contributed by atoms with Gasteiger partial charge in [-0.25, -0.2) is 8.42 Å². The van der Waals surface area contributed by atoms with Crippen molar-refractivity contribution in [2.24, 2.45) is 5.41 Å². The van der Waals surface area contributed by atoms with Gasteiger partial charge in [-0.15, -0.1) is 0 Å². The Balaban J connectivity index is 4.79. The summed E-state index contributed by atoms with van der Waals surface area (Å²) in [6.07, 6.45) is 3.37. The summed E-state index contributed by atoms with van der Waals surface area (Å²) in [6.45, 7) is 6.92. The summed E-state index contributed by atoms with van der Waals surface area (Å²) in [5, 5.41) is 0. The van der Waals surface area contributed by atoms with E-state index in [9.17, 15) is 8.42 Å². The third-order valence-corrected chi connectivity index (χ3v) is 4.40. The Morgan fingerprint density at radius 2 is 1.74 bits per heavy atom. The van der Waals surface area contributed by atoms with Crippen molar-refractivity contribution in [1.29, 1.82) is 0 Å². The molecule has 1 atom stereocenters. The minimum absolute atomic E-state index is 0.0249. The molecule has 0 radical (unpaired) electrons. The van der Waals surface area contributed by atoms with Crippen LogP contribution in [0.2, 0.25) is 0 Å². The van der Waals surface area contributed by atoms with E-state index in [-0.39, 0.29) is 17.3 Å². The van der Waals surface area contributed by atoms with Crippen LogP contribution in [-0.4, -0.2) is 40.6 Å². The molecule has 0 aliphatic heterocycles. The van der Waals surface area contributed by atoms with Crippen LogP contribution in [0.1, 0.15) is 46.5 Å². The van der Waals surface area contributed by atoms with E-state index in [4.69, 9.17) is 20.2 Å². The van der Waals surface area contributed by atoms with E-state index >= 15 is 0 Å². The van der Waals surface area contributed by atoms with Crippen LogP contribution in [-0.2, 0) is 18.5 Å². The highest BCUT2D eigenvalue weighted by atomic mass is 35.7. The first-order valence-electron chi connectivity index (χ1n) is 6.81. The monoisotopic (exact) mass is 314 g/mol. The first kappa shape index (κ1) is 19.2. The molecule has 0 rings (SSSR count). The van der Waals surface area contributed by atoms with Crippen LogP contribution in [0.4, 0.5) is 0 Å². The van der Waals surface area contributed by atoms with E-state index < -0.39 is 9.05 Å². The number of methoxy groups -OCH3 is 1. The summed E-state index contributed by atoms with van der Waals surface area (Å²) >= 11 is 0. The maximum Gasteiger partial charge on any atom is 0.233 e. The van der Waals surface area contributed by atoms with Crippen molar-refractivity contribution in [1.82, 2.24) is 0 Å². The number of hydrogen-bond donors (Lipinski definition) is 0. The van der Waals surface area contributed by atoms with Crippen molar-refractivity contribution in [2.75, 3.05) is 26.1 Å². The quantitative estimate of drug-likeness (QED) is 0.550. The molecule has 1 unspecified atom stereocenters. The summed E-state index contributed by atoms with van der Waals surface area (Å²) in [6, 6.07) is 0. The van der Waals surface area contributed by atoms with Crippen molar-refractivity contribution in [3.63, 3.8) is 0 Å². The molecular formula is C13H27ClO4S. The zero-order valence-corrected chi connectivity index (χ0v) is 14.0. The molecule has 0 N–H and O–H groups in total. The van der Waals surface area contributed by atoms with Gasteiger partial charge in [-0.05, 0) is 19.8 Å². The average molecular weight is 315 g/mol. The third-order valence-electron chi connectivity index (χ3n) is 3.11. The van der Waals surface area contributed by atoms with Gasteiger partial charge in [0.25, 0.3) is 0 Å². The lowest BCUT2D eigenvalue weighted by Gasteiger charge is -2.33. The van der Waals surface area contributed by atoms with Crippen molar-refractivity contribution in [3.05, 3.63) is 0 Å². The maximum absolute atomic E-state index is 11.5. The molecule has 0 heterocycles. The predicted octanol–water partition coefficient (Wildman–Crippen LogP) is 3.19. The molecule has 0 fully saturated rings. The molecular weight excluding hydrogens is 288 g/mol. The summed E-state index contributed by atoms with van der Waals surface area (Å²) < 4.78 is 33.7. The summed E-state index contributed by atoms with van der Waals surface area (Å²) in [5.41, 5.74) is -0.383. The molecule has 0 bridgehead atoms. The first-order valence-corrected chi connectivity index (χ1v) is 9.29. The van der Waals surface area contributed by atoms with Crippen LogP contribution in [0.25, 0.3) is 0 Å². The maximum atomic E-state index is 11.5.